The van der Waals surface area contributed by atoms with Gasteiger partial charge in [-0.2, -0.15) is 0 Å². The lowest BCUT2D eigenvalue weighted by molar-refractivity contribution is -0.130. The molecule has 0 spiro atoms. The van der Waals surface area contributed by atoms with Crippen LogP contribution in [0.2, 0.25) is 5.02 Å². The number of primary amides is 1. The molecular weight excluding hydrogens is 391 g/mol. The summed E-state index contributed by atoms with van der Waals surface area (Å²) in [6, 6.07) is 8.37. The SMILES string of the molecule is NC(=O)c1ccc(NC(=O)C2CNC(=O)N(c3ccc(F)c(Cl)c3)C2=O)cc1. The molecule has 0 bridgehead atoms. The fourth-order valence-corrected chi connectivity index (χ4v) is 2.81. The second kappa shape index (κ2) is 7.65. The molecule has 0 radical (unpaired) electrons. The van der Waals surface area contributed by atoms with Crippen LogP contribution in [0.1, 0.15) is 10.4 Å². The van der Waals surface area contributed by atoms with Gasteiger partial charge in [-0.1, -0.05) is 11.6 Å². The molecule has 0 saturated carbocycles. The van der Waals surface area contributed by atoms with E-state index >= 15 is 0 Å². The summed E-state index contributed by atoms with van der Waals surface area (Å²) >= 11 is 5.71. The van der Waals surface area contributed by atoms with Gasteiger partial charge in [0.05, 0.1) is 10.7 Å². The van der Waals surface area contributed by atoms with Crippen LogP contribution in [0.4, 0.5) is 20.6 Å². The number of carbonyl (C=O) groups excluding carboxylic acids is 4. The van der Waals surface area contributed by atoms with Gasteiger partial charge in [-0.05, 0) is 42.5 Å². The first kappa shape index (κ1) is 19.3. The zero-order valence-corrected chi connectivity index (χ0v) is 15.0. The topological polar surface area (TPSA) is 122 Å². The number of halogens is 2. The van der Waals surface area contributed by atoms with E-state index in [0.717, 1.165) is 17.0 Å². The standard InChI is InChI=1S/C18H14ClFN4O4/c19-13-7-11(5-6-14(13)20)24-17(27)12(8-22-18(24)28)16(26)23-10-3-1-9(2-4-10)15(21)25/h1-7,12H,8H2,(H2,21,25)(H,22,28)(H,23,26). The molecule has 8 nitrogen and oxygen atoms in total. The van der Waals surface area contributed by atoms with Crippen LogP contribution >= 0.6 is 11.6 Å². The van der Waals surface area contributed by atoms with Crippen LogP contribution in [0.3, 0.4) is 0 Å². The lowest BCUT2D eigenvalue weighted by atomic mass is 10.0. The highest BCUT2D eigenvalue weighted by Gasteiger charge is 2.39. The number of benzene rings is 2. The number of nitrogens with one attached hydrogen (secondary N) is 2. The van der Waals surface area contributed by atoms with Gasteiger partial charge in [-0.15, -0.1) is 0 Å². The third-order valence-electron chi connectivity index (χ3n) is 4.09. The van der Waals surface area contributed by atoms with Crippen molar-refractivity contribution in [2.45, 2.75) is 0 Å². The molecule has 0 aromatic heterocycles. The Balaban J connectivity index is 1.79. The maximum absolute atomic E-state index is 13.4. The second-order valence-electron chi connectivity index (χ2n) is 5.94. The third kappa shape index (κ3) is 3.79. The zero-order valence-electron chi connectivity index (χ0n) is 14.2. The molecule has 1 heterocycles. The van der Waals surface area contributed by atoms with E-state index in [-0.39, 0.29) is 22.8 Å². The first-order valence-electron chi connectivity index (χ1n) is 8.05. The molecule has 1 atom stereocenters. The Bertz CT molecular complexity index is 980. The number of nitrogens with zero attached hydrogens (tertiary/aromatic N) is 1. The zero-order chi connectivity index (χ0) is 20.4. The van der Waals surface area contributed by atoms with E-state index in [2.05, 4.69) is 10.6 Å². The molecule has 2 aromatic carbocycles. The van der Waals surface area contributed by atoms with E-state index in [1.807, 2.05) is 0 Å². The van der Waals surface area contributed by atoms with Crippen LogP contribution < -0.4 is 21.3 Å². The molecule has 1 saturated heterocycles. The Morgan fingerprint density at radius 3 is 2.46 bits per heavy atom. The molecule has 1 aliphatic heterocycles. The van der Waals surface area contributed by atoms with Crippen molar-refractivity contribution in [1.82, 2.24) is 5.32 Å². The minimum atomic E-state index is -1.21. The molecule has 10 heteroatoms. The Kier molecular flexibility index (Phi) is 5.27. The Morgan fingerprint density at radius 1 is 1.18 bits per heavy atom. The Labute approximate surface area is 163 Å². The van der Waals surface area contributed by atoms with Crippen LogP contribution in [-0.2, 0) is 9.59 Å². The van der Waals surface area contributed by atoms with Crippen molar-refractivity contribution in [3.05, 3.63) is 58.9 Å². The summed E-state index contributed by atoms with van der Waals surface area (Å²) in [5, 5.41) is 4.72. The van der Waals surface area contributed by atoms with Crippen molar-refractivity contribution in [3.63, 3.8) is 0 Å². The fraction of sp³-hybridized carbons (Fsp3) is 0.111. The first-order chi connectivity index (χ1) is 13.3. The highest BCUT2D eigenvalue weighted by atomic mass is 35.5. The van der Waals surface area contributed by atoms with Crippen molar-refractivity contribution in [1.29, 1.82) is 0 Å². The van der Waals surface area contributed by atoms with Gasteiger partial charge < -0.3 is 16.4 Å². The summed E-state index contributed by atoms with van der Waals surface area (Å²) in [7, 11) is 0. The van der Waals surface area contributed by atoms with E-state index in [9.17, 15) is 23.6 Å². The van der Waals surface area contributed by atoms with Gasteiger partial charge in [0, 0.05) is 17.8 Å². The number of amides is 5. The molecular formula is C18H14ClFN4O4. The number of imide groups is 1. The maximum Gasteiger partial charge on any atom is 0.328 e. The number of carbonyl (C=O) groups is 4. The van der Waals surface area contributed by atoms with Crippen LogP contribution in [0.15, 0.2) is 42.5 Å². The van der Waals surface area contributed by atoms with Crippen molar-refractivity contribution in [2.24, 2.45) is 11.7 Å². The van der Waals surface area contributed by atoms with E-state index in [1.54, 1.807) is 0 Å². The minimum absolute atomic E-state index is 0.0391. The lowest BCUT2D eigenvalue weighted by Gasteiger charge is -2.30. The summed E-state index contributed by atoms with van der Waals surface area (Å²) in [4.78, 5) is 49.2. The predicted molar refractivity (Wildman–Crippen MR) is 99.4 cm³/mol. The van der Waals surface area contributed by atoms with Gasteiger partial charge >= 0.3 is 6.03 Å². The summed E-state index contributed by atoms with van der Waals surface area (Å²) in [6.07, 6.45) is 0. The summed E-state index contributed by atoms with van der Waals surface area (Å²) in [6.45, 7) is -0.200. The fourth-order valence-electron chi connectivity index (χ4n) is 2.63. The van der Waals surface area contributed by atoms with Crippen molar-refractivity contribution >= 4 is 46.7 Å². The Hall–Kier alpha value is -3.46. The average Bonchev–Trinajstić information content (AvgIpc) is 2.65. The molecule has 1 fully saturated rings. The van der Waals surface area contributed by atoms with Crippen LogP contribution in [0.25, 0.3) is 0 Å². The molecule has 1 unspecified atom stereocenters. The highest BCUT2D eigenvalue weighted by molar-refractivity contribution is 6.31. The van der Waals surface area contributed by atoms with Gasteiger partial charge in [-0.3, -0.25) is 14.4 Å². The molecule has 4 N–H and O–H groups in total. The first-order valence-corrected chi connectivity index (χ1v) is 8.43. The molecule has 144 valence electrons. The van der Waals surface area contributed by atoms with E-state index in [4.69, 9.17) is 17.3 Å². The number of hydrogen-bond donors (Lipinski definition) is 3. The summed E-state index contributed by atoms with van der Waals surface area (Å²) < 4.78 is 13.4. The monoisotopic (exact) mass is 404 g/mol. The van der Waals surface area contributed by atoms with E-state index in [0.29, 0.717) is 5.69 Å². The largest absolute Gasteiger partial charge is 0.366 e. The molecule has 28 heavy (non-hydrogen) atoms. The Morgan fingerprint density at radius 2 is 1.86 bits per heavy atom. The summed E-state index contributed by atoms with van der Waals surface area (Å²) in [5.41, 5.74) is 5.80. The van der Waals surface area contributed by atoms with Crippen LogP contribution in [0, 0.1) is 11.7 Å². The van der Waals surface area contributed by atoms with Gasteiger partial charge in [0.1, 0.15) is 11.7 Å². The molecule has 0 aliphatic carbocycles. The molecule has 2 aromatic rings. The summed E-state index contributed by atoms with van der Waals surface area (Å²) in [5.74, 6) is -3.97. The number of anilines is 2. The van der Waals surface area contributed by atoms with Crippen molar-refractivity contribution in [2.75, 3.05) is 16.8 Å². The van der Waals surface area contributed by atoms with Crippen LogP contribution in [-0.4, -0.2) is 30.3 Å². The maximum atomic E-state index is 13.4. The molecule has 3 rings (SSSR count). The van der Waals surface area contributed by atoms with E-state index in [1.165, 1.54) is 30.3 Å². The second-order valence-corrected chi connectivity index (χ2v) is 6.35. The smallest absolute Gasteiger partial charge is 0.328 e. The normalized spacial score (nSPS) is 16.5. The predicted octanol–water partition coefficient (Wildman–Crippen LogP) is 1.89. The lowest BCUT2D eigenvalue weighted by Crippen LogP contribution is -2.58. The molecule has 1 aliphatic rings. The van der Waals surface area contributed by atoms with Gasteiger partial charge in [-0.25, -0.2) is 14.1 Å². The third-order valence-corrected chi connectivity index (χ3v) is 4.38. The number of hydrogen-bond acceptors (Lipinski definition) is 4. The van der Waals surface area contributed by atoms with Crippen LogP contribution in [0.5, 0.6) is 0 Å². The average molecular weight is 405 g/mol. The molecule has 5 amide bonds. The number of urea groups is 1. The van der Waals surface area contributed by atoms with E-state index < -0.39 is 35.5 Å². The number of rotatable bonds is 4. The van der Waals surface area contributed by atoms with Gasteiger partial charge in [0.25, 0.3) is 0 Å². The highest BCUT2D eigenvalue weighted by Crippen LogP contribution is 2.26. The minimum Gasteiger partial charge on any atom is -0.366 e. The number of nitrogens with two attached hydrogens (primary N) is 1. The van der Waals surface area contributed by atoms with Crippen molar-refractivity contribution in [3.8, 4) is 0 Å². The quantitative estimate of drug-likeness (QED) is 0.673. The van der Waals surface area contributed by atoms with Gasteiger partial charge in [0.2, 0.25) is 17.7 Å². The van der Waals surface area contributed by atoms with Crippen molar-refractivity contribution < 1.29 is 23.6 Å². The van der Waals surface area contributed by atoms with Gasteiger partial charge in [0.15, 0.2) is 0 Å².